The zero-order valence-corrected chi connectivity index (χ0v) is 21.7. The van der Waals surface area contributed by atoms with Crippen molar-refractivity contribution in [1.29, 1.82) is 0 Å². The highest BCUT2D eigenvalue weighted by molar-refractivity contribution is 9.11. The van der Waals surface area contributed by atoms with E-state index in [1.165, 1.54) is 6.08 Å². The molecular weight excluding hydrogens is 622 g/mol. The molecule has 0 unspecified atom stereocenters. The van der Waals surface area contributed by atoms with Gasteiger partial charge in [-0.25, -0.2) is 14.6 Å². The fraction of sp³-hybridized carbons (Fsp3) is 0.0417. The van der Waals surface area contributed by atoms with Crippen molar-refractivity contribution in [2.24, 2.45) is 4.99 Å². The Morgan fingerprint density at radius 3 is 2.48 bits per heavy atom. The van der Waals surface area contributed by atoms with E-state index in [0.29, 0.717) is 31.4 Å². The standard InChI is InChI=1S/C24H14Br3NO5/c1-31-18-4-2-3-14(10-18)22-28-20(24(30)33-22)11-15-9-17(26)12-19(27)21(15)32-23(29)13-5-7-16(25)8-6-13/h2-12H,1H3/b20-11-. The first-order valence-electron chi connectivity index (χ1n) is 9.48. The molecule has 0 bridgehead atoms. The Hall–Kier alpha value is -2.75. The largest absolute Gasteiger partial charge is 0.497 e. The van der Waals surface area contributed by atoms with Gasteiger partial charge in [-0.05, 0) is 76.6 Å². The summed E-state index contributed by atoms with van der Waals surface area (Å²) >= 11 is 10.2. The average molecular weight is 636 g/mol. The van der Waals surface area contributed by atoms with Gasteiger partial charge in [-0.15, -0.1) is 0 Å². The highest BCUT2D eigenvalue weighted by atomic mass is 79.9. The number of carbonyl (C=O) groups excluding carboxylic acids is 2. The van der Waals surface area contributed by atoms with Crippen LogP contribution in [-0.2, 0) is 9.53 Å². The smallest absolute Gasteiger partial charge is 0.363 e. The van der Waals surface area contributed by atoms with Crippen molar-refractivity contribution in [1.82, 2.24) is 0 Å². The number of rotatable bonds is 5. The molecule has 0 saturated heterocycles. The molecule has 0 saturated carbocycles. The maximum atomic E-state index is 12.7. The molecule has 33 heavy (non-hydrogen) atoms. The molecule has 1 aliphatic rings. The molecular formula is C24H14Br3NO5. The molecule has 0 atom stereocenters. The van der Waals surface area contributed by atoms with Gasteiger partial charge in [0.2, 0.25) is 5.90 Å². The van der Waals surface area contributed by atoms with E-state index < -0.39 is 11.9 Å². The molecule has 0 spiro atoms. The number of cyclic esters (lactones) is 1. The van der Waals surface area contributed by atoms with E-state index in [1.54, 1.807) is 67.8 Å². The van der Waals surface area contributed by atoms with Crippen LogP contribution in [0, 0.1) is 0 Å². The van der Waals surface area contributed by atoms with E-state index in [0.717, 1.165) is 4.47 Å². The summed E-state index contributed by atoms with van der Waals surface area (Å²) in [4.78, 5) is 29.5. The van der Waals surface area contributed by atoms with Crippen LogP contribution in [0.5, 0.6) is 11.5 Å². The second kappa shape index (κ2) is 10.0. The van der Waals surface area contributed by atoms with Crippen molar-refractivity contribution in [2.45, 2.75) is 0 Å². The van der Waals surface area contributed by atoms with Gasteiger partial charge in [0, 0.05) is 20.1 Å². The normalized spacial score (nSPS) is 14.1. The topological polar surface area (TPSA) is 74.2 Å². The summed E-state index contributed by atoms with van der Waals surface area (Å²) in [5.41, 5.74) is 1.51. The van der Waals surface area contributed by atoms with Crippen LogP contribution in [0.1, 0.15) is 21.5 Å². The Morgan fingerprint density at radius 1 is 1.00 bits per heavy atom. The summed E-state index contributed by atoms with van der Waals surface area (Å²) in [5.74, 6) is -0.139. The first-order chi connectivity index (χ1) is 15.8. The van der Waals surface area contributed by atoms with Gasteiger partial charge in [-0.3, -0.25) is 0 Å². The first kappa shape index (κ1) is 23.4. The van der Waals surface area contributed by atoms with Crippen molar-refractivity contribution >= 4 is 71.7 Å². The van der Waals surface area contributed by atoms with Crippen molar-refractivity contribution in [3.05, 3.63) is 96.5 Å². The predicted octanol–water partition coefficient (Wildman–Crippen LogP) is 6.55. The molecule has 0 N–H and O–H groups in total. The summed E-state index contributed by atoms with van der Waals surface area (Å²) in [6.45, 7) is 0. The highest BCUT2D eigenvalue weighted by Gasteiger charge is 2.26. The molecule has 0 aromatic heterocycles. The van der Waals surface area contributed by atoms with E-state index >= 15 is 0 Å². The Labute approximate surface area is 214 Å². The zero-order valence-electron chi connectivity index (χ0n) is 17.0. The lowest BCUT2D eigenvalue weighted by atomic mass is 10.1. The van der Waals surface area contributed by atoms with Crippen LogP contribution >= 0.6 is 47.8 Å². The van der Waals surface area contributed by atoms with Gasteiger partial charge >= 0.3 is 11.9 Å². The predicted molar refractivity (Wildman–Crippen MR) is 135 cm³/mol. The minimum absolute atomic E-state index is 0.0683. The first-order valence-corrected chi connectivity index (χ1v) is 11.9. The minimum Gasteiger partial charge on any atom is -0.497 e. The third-order valence-electron chi connectivity index (χ3n) is 4.54. The third-order valence-corrected chi connectivity index (χ3v) is 6.12. The Kier molecular flexibility index (Phi) is 7.11. The maximum absolute atomic E-state index is 12.7. The number of hydrogen-bond acceptors (Lipinski definition) is 6. The van der Waals surface area contributed by atoms with E-state index in [1.807, 2.05) is 0 Å². The monoisotopic (exact) mass is 633 g/mol. The molecule has 0 amide bonds. The molecule has 1 heterocycles. The number of hydrogen-bond donors (Lipinski definition) is 0. The molecule has 0 radical (unpaired) electrons. The molecule has 1 aliphatic heterocycles. The number of methoxy groups -OCH3 is 1. The number of esters is 2. The van der Waals surface area contributed by atoms with Crippen LogP contribution in [-0.4, -0.2) is 24.9 Å². The number of carbonyl (C=O) groups is 2. The quantitative estimate of drug-likeness (QED) is 0.181. The second-order valence-corrected chi connectivity index (χ2v) is 9.46. The molecule has 0 aliphatic carbocycles. The number of halogens is 3. The fourth-order valence-electron chi connectivity index (χ4n) is 2.97. The lowest BCUT2D eigenvalue weighted by Gasteiger charge is -2.11. The number of ether oxygens (including phenoxy) is 3. The van der Waals surface area contributed by atoms with Crippen LogP contribution in [0.25, 0.3) is 6.08 Å². The number of benzene rings is 3. The summed E-state index contributed by atoms with van der Waals surface area (Å²) in [7, 11) is 1.55. The average Bonchev–Trinajstić information content (AvgIpc) is 3.16. The molecule has 3 aromatic rings. The highest BCUT2D eigenvalue weighted by Crippen LogP contribution is 2.36. The van der Waals surface area contributed by atoms with Gasteiger partial charge in [0.15, 0.2) is 11.4 Å². The van der Waals surface area contributed by atoms with Crippen molar-refractivity contribution in [3.63, 3.8) is 0 Å². The molecule has 166 valence electrons. The molecule has 9 heteroatoms. The SMILES string of the molecule is COc1cccc(C2=N/C(=C\c3cc(Br)cc(Br)c3OC(=O)c3ccc(Br)cc3)C(=O)O2)c1. The van der Waals surface area contributed by atoms with Gasteiger partial charge in [-0.1, -0.05) is 37.9 Å². The van der Waals surface area contributed by atoms with Gasteiger partial charge in [0.05, 0.1) is 17.1 Å². The number of nitrogens with zero attached hydrogens (tertiary/aromatic N) is 1. The van der Waals surface area contributed by atoms with E-state index in [-0.39, 0.29) is 17.3 Å². The van der Waals surface area contributed by atoms with E-state index in [4.69, 9.17) is 14.2 Å². The lowest BCUT2D eigenvalue weighted by Crippen LogP contribution is -2.10. The minimum atomic E-state index is -0.617. The maximum Gasteiger partial charge on any atom is 0.363 e. The molecule has 0 fully saturated rings. The summed E-state index contributed by atoms with van der Waals surface area (Å²) in [5, 5.41) is 0. The van der Waals surface area contributed by atoms with Gasteiger partial charge in [0.25, 0.3) is 0 Å². The Balaban J connectivity index is 1.69. The van der Waals surface area contributed by atoms with Crippen LogP contribution < -0.4 is 9.47 Å². The zero-order chi connectivity index (χ0) is 23.5. The van der Waals surface area contributed by atoms with Crippen LogP contribution in [0.15, 0.2) is 84.8 Å². The van der Waals surface area contributed by atoms with Crippen LogP contribution in [0.2, 0.25) is 0 Å². The Bertz CT molecular complexity index is 1320. The summed E-state index contributed by atoms with van der Waals surface area (Å²) in [6.07, 6.45) is 1.51. The van der Waals surface area contributed by atoms with Crippen molar-refractivity contribution in [3.8, 4) is 11.5 Å². The summed E-state index contributed by atoms with van der Waals surface area (Å²) < 4.78 is 18.3. The van der Waals surface area contributed by atoms with Gasteiger partial charge < -0.3 is 14.2 Å². The van der Waals surface area contributed by atoms with E-state index in [2.05, 4.69) is 52.8 Å². The molecule has 3 aromatic carbocycles. The van der Waals surface area contributed by atoms with Gasteiger partial charge in [-0.2, -0.15) is 0 Å². The van der Waals surface area contributed by atoms with E-state index in [9.17, 15) is 9.59 Å². The third kappa shape index (κ3) is 5.43. The van der Waals surface area contributed by atoms with Crippen molar-refractivity contribution < 1.29 is 23.8 Å². The van der Waals surface area contributed by atoms with Crippen LogP contribution in [0.3, 0.4) is 0 Å². The summed E-state index contributed by atoms with van der Waals surface area (Å²) in [6, 6.07) is 17.3. The number of aliphatic imine (C=N–C) groups is 1. The van der Waals surface area contributed by atoms with Crippen LogP contribution in [0.4, 0.5) is 0 Å². The van der Waals surface area contributed by atoms with Crippen molar-refractivity contribution in [2.75, 3.05) is 7.11 Å². The fourth-order valence-corrected chi connectivity index (χ4v) is 4.57. The Morgan fingerprint density at radius 2 is 1.76 bits per heavy atom. The molecule has 6 nitrogen and oxygen atoms in total. The molecule has 4 rings (SSSR count). The second-order valence-electron chi connectivity index (χ2n) is 6.77. The van der Waals surface area contributed by atoms with Gasteiger partial charge in [0.1, 0.15) is 5.75 Å². The lowest BCUT2D eigenvalue weighted by molar-refractivity contribution is -0.129.